The molecule has 0 aromatic carbocycles. The van der Waals surface area contributed by atoms with Gasteiger partial charge < -0.3 is 11.1 Å². The fraction of sp³-hybridized carbons (Fsp3) is 0.750. The van der Waals surface area contributed by atoms with Crippen molar-refractivity contribution in [1.29, 1.82) is 0 Å². The molecule has 0 aromatic heterocycles. The zero-order valence-electron chi connectivity index (χ0n) is 7.91. The molecule has 0 saturated carbocycles. The number of carbonyl (C=O) groups excluding carboxylic acids is 2. The third-order valence-electron chi connectivity index (χ3n) is 1.63. The smallest absolute Gasteiger partial charge is 0.240 e. The van der Waals surface area contributed by atoms with Crippen LogP contribution in [0.25, 0.3) is 0 Å². The average Bonchev–Trinajstić information content (AvgIpc) is 1.99. The Hall–Kier alpha value is -0.710. The molecule has 0 aliphatic rings. The molecule has 3 N–H and O–H groups in total. The molecule has 1 atom stereocenters. The van der Waals surface area contributed by atoms with Crippen molar-refractivity contribution in [3.63, 3.8) is 0 Å². The highest BCUT2D eigenvalue weighted by atomic mass is 32.1. The summed E-state index contributed by atoms with van der Waals surface area (Å²) in [5, 5.41) is 2.55. The molecule has 0 aromatic rings. The van der Waals surface area contributed by atoms with Crippen molar-refractivity contribution in [2.75, 3.05) is 5.75 Å². The molecule has 0 spiro atoms. The van der Waals surface area contributed by atoms with Crippen LogP contribution in [-0.4, -0.2) is 23.6 Å². The summed E-state index contributed by atoms with van der Waals surface area (Å²) in [7, 11) is 0. The first-order valence-electron chi connectivity index (χ1n) is 4.18. The minimum Gasteiger partial charge on any atom is -0.368 e. The third kappa shape index (κ3) is 4.77. The SMILES string of the molecule is CC(C)C(NC(=O)CCS)C(N)=O. The monoisotopic (exact) mass is 204 g/mol. The van der Waals surface area contributed by atoms with Crippen molar-refractivity contribution in [3.05, 3.63) is 0 Å². The van der Waals surface area contributed by atoms with Gasteiger partial charge in [0, 0.05) is 6.42 Å². The van der Waals surface area contributed by atoms with E-state index >= 15 is 0 Å². The number of amides is 2. The molecule has 0 aliphatic carbocycles. The first kappa shape index (κ1) is 12.3. The molecule has 0 saturated heterocycles. The van der Waals surface area contributed by atoms with Crippen molar-refractivity contribution in [3.8, 4) is 0 Å². The maximum atomic E-state index is 11.1. The Morgan fingerprint density at radius 1 is 1.46 bits per heavy atom. The molecule has 0 heterocycles. The Bertz CT molecular complexity index is 195. The summed E-state index contributed by atoms with van der Waals surface area (Å²) in [5.41, 5.74) is 5.11. The highest BCUT2D eigenvalue weighted by Gasteiger charge is 2.20. The Labute approximate surface area is 83.7 Å². The molecule has 4 nitrogen and oxygen atoms in total. The molecule has 0 rings (SSSR count). The Morgan fingerprint density at radius 2 is 2.00 bits per heavy atom. The third-order valence-corrected chi connectivity index (χ3v) is 1.85. The lowest BCUT2D eigenvalue weighted by atomic mass is 10.0. The number of rotatable bonds is 5. The second-order valence-electron chi connectivity index (χ2n) is 3.17. The molecular formula is C8H16N2O2S. The zero-order chi connectivity index (χ0) is 10.4. The first-order chi connectivity index (χ1) is 5.99. The predicted octanol–water partition coefficient (Wildman–Crippen LogP) is -0.0676. The van der Waals surface area contributed by atoms with E-state index < -0.39 is 11.9 Å². The van der Waals surface area contributed by atoms with Gasteiger partial charge in [-0.25, -0.2) is 0 Å². The number of hydrogen-bond acceptors (Lipinski definition) is 3. The van der Waals surface area contributed by atoms with Crippen LogP contribution in [0.15, 0.2) is 0 Å². The van der Waals surface area contributed by atoms with E-state index in [0.717, 1.165) is 0 Å². The second-order valence-corrected chi connectivity index (χ2v) is 3.61. The lowest BCUT2D eigenvalue weighted by Gasteiger charge is -2.18. The van der Waals surface area contributed by atoms with E-state index in [9.17, 15) is 9.59 Å². The van der Waals surface area contributed by atoms with Crippen LogP contribution in [0, 0.1) is 5.92 Å². The maximum Gasteiger partial charge on any atom is 0.240 e. The molecule has 0 aliphatic heterocycles. The Kier molecular flexibility index (Phi) is 5.53. The first-order valence-corrected chi connectivity index (χ1v) is 4.81. The topological polar surface area (TPSA) is 72.2 Å². The van der Waals surface area contributed by atoms with Crippen LogP contribution >= 0.6 is 12.6 Å². The summed E-state index contributed by atoms with van der Waals surface area (Å²) in [4.78, 5) is 22.0. The molecule has 13 heavy (non-hydrogen) atoms. The van der Waals surface area contributed by atoms with Gasteiger partial charge in [-0.3, -0.25) is 9.59 Å². The fourth-order valence-electron chi connectivity index (χ4n) is 0.913. The minimum atomic E-state index is -0.576. The molecule has 0 radical (unpaired) electrons. The molecule has 5 heteroatoms. The van der Waals surface area contributed by atoms with Gasteiger partial charge in [-0.2, -0.15) is 12.6 Å². The van der Waals surface area contributed by atoms with Crippen LogP contribution in [0.1, 0.15) is 20.3 Å². The summed E-state index contributed by atoms with van der Waals surface area (Å²) in [6.45, 7) is 3.66. The normalized spacial score (nSPS) is 12.6. The minimum absolute atomic E-state index is 0.0152. The van der Waals surface area contributed by atoms with Crippen LogP contribution in [0.2, 0.25) is 0 Å². The number of nitrogens with one attached hydrogen (secondary N) is 1. The van der Waals surface area contributed by atoms with Gasteiger partial charge >= 0.3 is 0 Å². The van der Waals surface area contributed by atoms with E-state index in [0.29, 0.717) is 12.2 Å². The summed E-state index contributed by atoms with van der Waals surface area (Å²) < 4.78 is 0. The Balaban J connectivity index is 4.10. The summed E-state index contributed by atoms with van der Waals surface area (Å²) in [6.07, 6.45) is 0.305. The molecular weight excluding hydrogens is 188 g/mol. The quantitative estimate of drug-likeness (QED) is 0.549. The van der Waals surface area contributed by atoms with Crippen LogP contribution < -0.4 is 11.1 Å². The van der Waals surface area contributed by atoms with Crippen LogP contribution in [-0.2, 0) is 9.59 Å². The van der Waals surface area contributed by atoms with Crippen molar-refractivity contribution >= 4 is 24.4 Å². The number of hydrogen-bond donors (Lipinski definition) is 3. The van der Waals surface area contributed by atoms with Gasteiger partial charge in [0.15, 0.2) is 0 Å². The summed E-state index contributed by atoms with van der Waals surface area (Å²) in [6, 6.07) is -0.576. The van der Waals surface area contributed by atoms with Crippen LogP contribution in [0.4, 0.5) is 0 Å². The highest BCUT2D eigenvalue weighted by molar-refractivity contribution is 7.80. The average molecular weight is 204 g/mol. The number of thiol groups is 1. The molecule has 76 valence electrons. The lowest BCUT2D eigenvalue weighted by Crippen LogP contribution is -2.47. The highest BCUT2D eigenvalue weighted by Crippen LogP contribution is 2.01. The van der Waals surface area contributed by atoms with Gasteiger partial charge in [0.25, 0.3) is 0 Å². The van der Waals surface area contributed by atoms with E-state index in [2.05, 4.69) is 17.9 Å². The van der Waals surface area contributed by atoms with Crippen molar-refractivity contribution < 1.29 is 9.59 Å². The molecule has 2 amide bonds. The lowest BCUT2D eigenvalue weighted by molar-refractivity contribution is -0.128. The van der Waals surface area contributed by atoms with Gasteiger partial charge in [-0.05, 0) is 11.7 Å². The number of primary amides is 1. The van der Waals surface area contributed by atoms with Crippen molar-refractivity contribution in [2.45, 2.75) is 26.3 Å². The molecule has 0 bridgehead atoms. The van der Waals surface area contributed by atoms with Crippen molar-refractivity contribution in [2.24, 2.45) is 11.7 Å². The van der Waals surface area contributed by atoms with E-state index in [-0.39, 0.29) is 11.8 Å². The van der Waals surface area contributed by atoms with Crippen LogP contribution in [0.5, 0.6) is 0 Å². The van der Waals surface area contributed by atoms with Gasteiger partial charge in [-0.15, -0.1) is 0 Å². The Morgan fingerprint density at radius 3 is 2.31 bits per heavy atom. The zero-order valence-corrected chi connectivity index (χ0v) is 8.80. The van der Waals surface area contributed by atoms with Crippen LogP contribution in [0.3, 0.4) is 0 Å². The van der Waals surface area contributed by atoms with E-state index in [4.69, 9.17) is 5.73 Å². The summed E-state index contributed by atoms with van der Waals surface area (Å²) in [5.74, 6) is -0.202. The van der Waals surface area contributed by atoms with Gasteiger partial charge in [0.1, 0.15) is 6.04 Å². The molecule has 1 unspecified atom stereocenters. The molecule has 0 fully saturated rings. The van der Waals surface area contributed by atoms with Crippen molar-refractivity contribution in [1.82, 2.24) is 5.32 Å². The van der Waals surface area contributed by atoms with Gasteiger partial charge in [0.05, 0.1) is 0 Å². The van der Waals surface area contributed by atoms with E-state index in [1.807, 2.05) is 13.8 Å². The fourth-order valence-corrected chi connectivity index (χ4v) is 1.12. The summed E-state index contributed by atoms with van der Waals surface area (Å²) >= 11 is 3.91. The predicted molar refractivity (Wildman–Crippen MR) is 54.4 cm³/mol. The maximum absolute atomic E-state index is 11.1. The second kappa shape index (κ2) is 5.85. The standard InChI is InChI=1S/C8H16N2O2S/c1-5(2)7(8(9)12)10-6(11)3-4-13/h5,7,13H,3-4H2,1-2H3,(H2,9,12)(H,10,11). The van der Waals surface area contributed by atoms with E-state index in [1.165, 1.54) is 0 Å². The number of carbonyl (C=O) groups is 2. The largest absolute Gasteiger partial charge is 0.368 e. The number of nitrogens with two attached hydrogens (primary N) is 1. The van der Waals surface area contributed by atoms with E-state index in [1.54, 1.807) is 0 Å². The van der Waals surface area contributed by atoms with Gasteiger partial charge in [-0.1, -0.05) is 13.8 Å². The van der Waals surface area contributed by atoms with Gasteiger partial charge in [0.2, 0.25) is 11.8 Å².